The number of hydrogen-bond donors (Lipinski definition) is 0. The second-order valence-electron chi connectivity index (χ2n) is 4.32. The van der Waals surface area contributed by atoms with Gasteiger partial charge >= 0.3 is 6.01 Å². The molecule has 0 aliphatic carbocycles. The predicted molar refractivity (Wildman–Crippen MR) is 79.6 cm³/mol. The number of nitrogens with zero attached hydrogens (tertiary/aromatic N) is 4. The molecule has 0 saturated heterocycles. The zero-order chi connectivity index (χ0) is 15.1. The minimum atomic E-state index is 0.0889. The van der Waals surface area contributed by atoms with Gasteiger partial charge in [0, 0.05) is 11.8 Å². The van der Waals surface area contributed by atoms with Crippen LogP contribution in [0.1, 0.15) is 26.7 Å². The molecule has 0 aliphatic heterocycles. The number of ether oxygens (including phenoxy) is 2. The number of hydrogen-bond acceptors (Lipinski definition) is 6. The van der Waals surface area contributed by atoms with Gasteiger partial charge in [0.2, 0.25) is 5.28 Å². The summed E-state index contributed by atoms with van der Waals surface area (Å²) < 4.78 is 10.9. The van der Waals surface area contributed by atoms with E-state index in [4.69, 9.17) is 21.1 Å². The smallest absolute Gasteiger partial charge is 0.321 e. The summed E-state index contributed by atoms with van der Waals surface area (Å²) in [6.45, 7) is 5.20. The Morgan fingerprint density at radius 1 is 1.00 bits per heavy atom. The second kappa shape index (κ2) is 7.73. The maximum Gasteiger partial charge on any atom is 0.321 e. The van der Waals surface area contributed by atoms with Crippen LogP contribution in [0, 0.1) is 0 Å². The molecule has 6 nitrogen and oxygen atoms in total. The molecule has 2 aromatic rings. The molecule has 0 bridgehead atoms. The molecule has 0 N–H and O–H groups in total. The first-order chi connectivity index (χ1) is 10.2. The average molecular weight is 309 g/mol. The van der Waals surface area contributed by atoms with Crippen molar-refractivity contribution in [2.24, 2.45) is 0 Å². The van der Waals surface area contributed by atoms with Gasteiger partial charge in [0.15, 0.2) is 5.82 Å². The van der Waals surface area contributed by atoms with Gasteiger partial charge in [-0.05, 0) is 30.5 Å². The van der Waals surface area contributed by atoms with Crippen molar-refractivity contribution in [2.75, 3.05) is 13.2 Å². The molecule has 0 fully saturated rings. The summed E-state index contributed by atoms with van der Waals surface area (Å²) in [5.74, 6) is 1.08. The number of aromatic nitrogens is 4. The lowest BCUT2D eigenvalue weighted by Crippen LogP contribution is -2.03. The first-order valence-corrected chi connectivity index (χ1v) is 7.23. The number of rotatable bonds is 7. The first-order valence-electron chi connectivity index (χ1n) is 6.85. The number of pyridine rings is 1. The SMILES string of the molecule is CCCOc1cncc(-c2nc(Cl)nc(OCCC)n2)c1. The fourth-order valence-corrected chi connectivity index (χ4v) is 1.71. The first kappa shape index (κ1) is 15.4. The van der Waals surface area contributed by atoms with E-state index in [9.17, 15) is 0 Å². The van der Waals surface area contributed by atoms with Crippen molar-refractivity contribution in [1.82, 2.24) is 19.9 Å². The third-order valence-corrected chi connectivity index (χ3v) is 2.64. The lowest BCUT2D eigenvalue weighted by Gasteiger charge is -2.07. The van der Waals surface area contributed by atoms with Gasteiger partial charge < -0.3 is 9.47 Å². The molecule has 2 rings (SSSR count). The molecule has 0 aromatic carbocycles. The maximum absolute atomic E-state index is 5.91. The lowest BCUT2D eigenvalue weighted by molar-refractivity contribution is 0.291. The van der Waals surface area contributed by atoms with E-state index in [0.29, 0.717) is 30.4 Å². The van der Waals surface area contributed by atoms with E-state index >= 15 is 0 Å². The zero-order valence-corrected chi connectivity index (χ0v) is 12.8. The van der Waals surface area contributed by atoms with Gasteiger partial charge in [-0.2, -0.15) is 15.0 Å². The third-order valence-electron chi connectivity index (χ3n) is 2.47. The largest absolute Gasteiger partial charge is 0.492 e. The van der Waals surface area contributed by atoms with E-state index in [0.717, 1.165) is 12.8 Å². The van der Waals surface area contributed by atoms with Crippen molar-refractivity contribution in [1.29, 1.82) is 0 Å². The van der Waals surface area contributed by atoms with Crippen molar-refractivity contribution in [3.8, 4) is 23.1 Å². The van der Waals surface area contributed by atoms with Crippen molar-refractivity contribution in [2.45, 2.75) is 26.7 Å². The van der Waals surface area contributed by atoms with Crippen LogP contribution in [0.4, 0.5) is 0 Å². The molecule has 0 saturated carbocycles. The fourth-order valence-electron chi connectivity index (χ4n) is 1.56. The Kier molecular flexibility index (Phi) is 5.68. The van der Waals surface area contributed by atoms with Crippen LogP contribution in [-0.2, 0) is 0 Å². The van der Waals surface area contributed by atoms with Gasteiger partial charge in [-0.1, -0.05) is 13.8 Å². The van der Waals surface area contributed by atoms with Crippen molar-refractivity contribution < 1.29 is 9.47 Å². The summed E-state index contributed by atoms with van der Waals surface area (Å²) in [5.41, 5.74) is 0.703. The summed E-state index contributed by atoms with van der Waals surface area (Å²) in [5, 5.41) is 0.0889. The normalized spacial score (nSPS) is 10.4. The molecule has 112 valence electrons. The van der Waals surface area contributed by atoms with E-state index in [1.165, 1.54) is 0 Å². The van der Waals surface area contributed by atoms with Crippen LogP contribution in [0.3, 0.4) is 0 Å². The molecule has 2 aromatic heterocycles. The van der Waals surface area contributed by atoms with Gasteiger partial charge in [-0.3, -0.25) is 4.98 Å². The zero-order valence-electron chi connectivity index (χ0n) is 12.0. The lowest BCUT2D eigenvalue weighted by atomic mass is 10.2. The highest BCUT2D eigenvalue weighted by Gasteiger charge is 2.09. The highest BCUT2D eigenvalue weighted by atomic mass is 35.5. The van der Waals surface area contributed by atoms with Crippen LogP contribution in [0.25, 0.3) is 11.4 Å². The Hall–Kier alpha value is -1.95. The quantitative estimate of drug-likeness (QED) is 0.782. The summed E-state index contributed by atoms with van der Waals surface area (Å²) >= 11 is 5.91. The monoisotopic (exact) mass is 308 g/mol. The molecular formula is C14H17ClN4O2. The van der Waals surface area contributed by atoms with Gasteiger partial charge in [0.05, 0.1) is 19.4 Å². The van der Waals surface area contributed by atoms with Crippen LogP contribution in [0.5, 0.6) is 11.8 Å². The summed E-state index contributed by atoms with van der Waals surface area (Å²) in [6, 6.07) is 2.03. The van der Waals surface area contributed by atoms with Gasteiger partial charge in [0.1, 0.15) is 5.75 Å². The fraction of sp³-hybridized carbons (Fsp3) is 0.429. The Morgan fingerprint density at radius 3 is 2.52 bits per heavy atom. The van der Waals surface area contributed by atoms with Crippen molar-refractivity contribution in [3.63, 3.8) is 0 Å². The second-order valence-corrected chi connectivity index (χ2v) is 4.65. The topological polar surface area (TPSA) is 70.0 Å². The molecule has 2 heterocycles. The van der Waals surface area contributed by atoms with Crippen molar-refractivity contribution >= 4 is 11.6 Å². The molecule has 0 radical (unpaired) electrons. The van der Waals surface area contributed by atoms with Crippen LogP contribution in [-0.4, -0.2) is 33.1 Å². The summed E-state index contributed by atoms with van der Waals surface area (Å²) in [6.07, 6.45) is 5.09. The highest BCUT2D eigenvalue weighted by Crippen LogP contribution is 2.22. The molecule has 0 amide bonds. The Balaban J connectivity index is 2.26. The van der Waals surface area contributed by atoms with Gasteiger partial charge in [-0.25, -0.2) is 0 Å². The Bertz CT molecular complexity index is 595. The standard InChI is InChI=1S/C14H17ClN4O2/c1-3-5-20-11-7-10(8-16-9-11)12-17-13(15)19-14(18-12)21-6-4-2/h7-9H,3-6H2,1-2H3. The van der Waals surface area contributed by atoms with Gasteiger partial charge in [-0.15, -0.1) is 0 Å². The van der Waals surface area contributed by atoms with E-state index in [1.807, 2.05) is 19.9 Å². The third kappa shape index (κ3) is 4.53. The van der Waals surface area contributed by atoms with E-state index in [2.05, 4.69) is 19.9 Å². The molecule has 7 heteroatoms. The maximum atomic E-state index is 5.91. The summed E-state index contributed by atoms with van der Waals surface area (Å²) in [7, 11) is 0. The van der Waals surface area contributed by atoms with Crippen molar-refractivity contribution in [3.05, 3.63) is 23.7 Å². The molecule has 0 atom stereocenters. The van der Waals surface area contributed by atoms with Crippen LogP contribution < -0.4 is 9.47 Å². The van der Waals surface area contributed by atoms with Crippen LogP contribution in [0.15, 0.2) is 18.5 Å². The molecule has 21 heavy (non-hydrogen) atoms. The Morgan fingerprint density at radius 2 is 1.76 bits per heavy atom. The Labute approximate surface area is 128 Å². The molecule has 0 spiro atoms. The number of halogens is 1. The van der Waals surface area contributed by atoms with Crippen LogP contribution >= 0.6 is 11.6 Å². The van der Waals surface area contributed by atoms with E-state index in [-0.39, 0.29) is 11.3 Å². The molecular weight excluding hydrogens is 292 g/mol. The predicted octanol–water partition coefficient (Wildman–Crippen LogP) is 3.16. The molecule has 0 aliphatic rings. The minimum absolute atomic E-state index is 0.0889. The highest BCUT2D eigenvalue weighted by molar-refractivity contribution is 6.28. The molecule has 0 unspecified atom stereocenters. The van der Waals surface area contributed by atoms with Crippen LogP contribution in [0.2, 0.25) is 5.28 Å². The average Bonchev–Trinajstić information content (AvgIpc) is 2.50. The van der Waals surface area contributed by atoms with E-state index in [1.54, 1.807) is 12.4 Å². The summed E-state index contributed by atoms with van der Waals surface area (Å²) in [4.78, 5) is 16.4. The van der Waals surface area contributed by atoms with Gasteiger partial charge in [0.25, 0.3) is 0 Å². The minimum Gasteiger partial charge on any atom is -0.492 e. The van der Waals surface area contributed by atoms with E-state index < -0.39 is 0 Å².